The molecule has 19 heavy (non-hydrogen) atoms. The van der Waals surface area contributed by atoms with E-state index < -0.39 is 12.4 Å². The van der Waals surface area contributed by atoms with Crippen molar-refractivity contribution >= 4 is 18.1 Å². The Morgan fingerprint density at radius 1 is 0.842 bits per heavy atom. The van der Waals surface area contributed by atoms with E-state index in [-0.39, 0.29) is 0 Å². The van der Waals surface area contributed by atoms with Gasteiger partial charge in [-0.3, -0.25) is 0 Å². The monoisotopic (exact) mass is 264 g/mol. The molecule has 100 valence electrons. The maximum atomic E-state index is 12.6. The molecule has 0 aliphatic heterocycles. The maximum Gasteiger partial charge on any atom is 0.509 e. The van der Waals surface area contributed by atoms with Crippen molar-refractivity contribution in [2.75, 3.05) is 19.0 Å². The fourth-order valence-electron chi connectivity index (χ4n) is 1.99. The van der Waals surface area contributed by atoms with Gasteiger partial charge in [-0.1, -0.05) is 42.5 Å². The lowest BCUT2D eigenvalue weighted by molar-refractivity contribution is 0.501. The molecule has 0 atom stereocenters. The first kappa shape index (κ1) is 13.5. The molecule has 0 unspecified atom stereocenters. The molecule has 0 saturated heterocycles. The predicted octanol–water partition coefficient (Wildman–Crippen LogP) is 3.47. The van der Waals surface area contributed by atoms with Crippen LogP contribution in [0.3, 0.4) is 0 Å². The molecule has 1 nitrogen and oxygen atoms in total. The van der Waals surface area contributed by atoms with E-state index in [4.69, 9.17) is 0 Å². The van der Waals surface area contributed by atoms with Crippen LogP contribution in [-0.4, -0.2) is 21.1 Å². The number of nitrogens with zero attached hydrogens (tertiary/aromatic N) is 1. The SMILES string of the molecule is CN(C)c1ccccc1-c1ccc([B-](F)(F)F)cc1. The smallest absolute Gasteiger partial charge is 0.445 e. The molecule has 0 bridgehead atoms. The molecule has 2 rings (SSSR count). The van der Waals surface area contributed by atoms with E-state index in [2.05, 4.69) is 0 Å². The molecule has 0 saturated carbocycles. The molecule has 0 spiro atoms. The van der Waals surface area contributed by atoms with Crippen molar-refractivity contribution in [1.82, 2.24) is 0 Å². The zero-order valence-corrected chi connectivity index (χ0v) is 10.8. The second kappa shape index (κ2) is 5.00. The topological polar surface area (TPSA) is 3.24 Å². The Bertz CT molecular complexity index is 562. The third kappa shape index (κ3) is 2.92. The highest BCUT2D eigenvalue weighted by Crippen LogP contribution is 2.29. The number of para-hydroxylation sites is 1. The van der Waals surface area contributed by atoms with Crippen LogP contribution in [0.5, 0.6) is 0 Å². The summed E-state index contributed by atoms with van der Waals surface area (Å²) in [5, 5.41) is 0. The van der Waals surface area contributed by atoms with Crippen LogP contribution < -0.4 is 10.4 Å². The van der Waals surface area contributed by atoms with Gasteiger partial charge in [-0.15, -0.1) is 5.46 Å². The fourth-order valence-corrected chi connectivity index (χ4v) is 1.99. The summed E-state index contributed by atoms with van der Waals surface area (Å²) in [7, 11) is 3.82. The molecule has 0 N–H and O–H groups in total. The van der Waals surface area contributed by atoms with E-state index >= 15 is 0 Å². The largest absolute Gasteiger partial charge is 0.509 e. The normalized spacial score (nSPS) is 11.4. The highest BCUT2D eigenvalue weighted by molar-refractivity contribution is 6.73. The summed E-state index contributed by atoms with van der Waals surface area (Å²) >= 11 is 0. The second-order valence-corrected chi connectivity index (χ2v) is 4.61. The standard InChI is InChI=1S/C14H14BF3N/c1-19(2)14-6-4-3-5-13(14)11-7-9-12(10-8-11)15(16,17)18/h3-10H,1-2H3/q-1. The molecular weight excluding hydrogens is 250 g/mol. The fraction of sp³-hybridized carbons (Fsp3) is 0.143. The van der Waals surface area contributed by atoms with Crippen LogP contribution in [0.15, 0.2) is 48.5 Å². The Kier molecular flexibility index (Phi) is 3.56. The van der Waals surface area contributed by atoms with Gasteiger partial charge in [-0.05, 0) is 11.6 Å². The average Bonchev–Trinajstić information content (AvgIpc) is 2.38. The van der Waals surface area contributed by atoms with Crippen molar-refractivity contribution in [3.63, 3.8) is 0 Å². The minimum Gasteiger partial charge on any atom is -0.445 e. The summed E-state index contributed by atoms with van der Waals surface area (Å²) < 4.78 is 37.8. The van der Waals surface area contributed by atoms with Crippen LogP contribution >= 0.6 is 0 Å². The third-order valence-electron chi connectivity index (χ3n) is 2.99. The Morgan fingerprint density at radius 2 is 1.42 bits per heavy atom. The van der Waals surface area contributed by atoms with E-state index in [0.717, 1.165) is 28.9 Å². The summed E-state index contributed by atoms with van der Waals surface area (Å²) in [5.74, 6) is 0. The average molecular weight is 264 g/mol. The van der Waals surface area contributed by atoms with E-state index in [9.17, 15) is 12.9 Å². The number of halogens is 3. The highest BCUT2D eigenvalue weighted by atomic mass is 19.4. The van der Waals surface area contributed by atoms with Gasteiger partial charge in [0.2, 0.25) is 0 Å². The Hall–Kier alpha value is -1.91. The molecule has 0 amide bonds. The van der Waals surface area contributed by atoms with Crippen LogP contribution in [0.2, 0.25) is 0 Å². The van der Waals surface area contributed by atoms with Crippen molar-refractivity contribution in [2.24, 2.45) is 0 Å². The molecule has 0 heterocycles. The van der Waals surface area contributed by atoms with Crippen molar-refractivity contribution in [3.8, 4) is 11.1 Å². The van der Waals surface area contributed by atoms with Gasteiger partial charge >= 0.3 is 6.98 Å². The maximum absolute atomic E-state index is 12.6. The summed E-state index contributed by atoms with van der Waals surface area (Å²) in [6, 6.07) is 13.0. The van der Waals surface area contributed by atoms with Crippen LogP contribution in [0.1, 0.15) is 0 Å². The minimum absolute atomic E-state index is 0.564. The lowest BCUT2D eigenvalue weighted by atomic mass is 9.79. The zero-order valence-electron chi connectivity index (χ0n) is 10.8. The lowest BCUT2D eigenvalue weighted by Gasteiger charge is -2.19. The summed E-state index contributed by atoms with van der Waals surface area (Å²) in [4.78, 5) is 1.94. The molecule has 2 aromatic carbocycles. The van der Waals surface area contributed by atoms with Crippen molar-refractivity contribution in [2.45, 2.75) is 0 Å². The van der Waals surface area contributed by atoms with E-state index in [0.29, 0.717) is 0 Å². The number of hydrogen-bond donors (Lipinski definition) is 0. The number of anilines is 1. The van der Waals surface area contributed by atoms with Crippen LogP contribution in [0, 0.1) is 0 Å². The number of hydrogen-bond acceptors (Lipinski definition) is 1. The molecule has 2 aromatic rings. The van der Waals surface area contributed by atoms with Gasteiger partial charge in [-0.25, -0.2) is 0 Å². The van der Waals surface area contributed by atoms with Crippen molar-refractivity contribution in [1.29, 1.82) is 0 Å². The number of benzene rings is 2. The second-order valence-electron chi connectivity index (χ2n) is 4.61. The Morgan fingerprint density at radius 3 is 1.95 bits per heavy atom. The predicted molar refractivity (Wildman–Crippen MR) is 74.9 cm³/mol. The minimum atomic E-state index is -4.93. The summed E-state index contributed by atoms with van der Waals surface area (Å²) in [6.45, 7) is -4.93. The quantitative estimate of drug-likeness (QED) is 0.767. The van der Waals surface area contributed by atoms with Crippen LogP contribution in [0.25, 0.3) is 11.1 Å². The van der Waals surface area contributed by atoms with E-state index in [1.165, 1.54) is 12.1 Å². The van der Waals surface area contributed by atoms with Crippen LogP contribution in [-0.2, 0) is 0 Å². The first-order valence-corrected chi connectivity index (χ1v) is 5.96. The molecule has 0 aliphatic carbocycles. The van der Waals surface area contributed by atoms with Crippen LogP contribution in [0.4, 0.5) is 18.6 Å². The van der Waals surface area contributed by atoms with Gasteiger partial charge < -0.3 is 17.8 Å². The van der Waals surface area contributed by atoms with Gasteiger partial charge in [0.15, 0.2) is 0 Å². The first-order valence-electron chi connectivity index (χ1n) is 5.96. The molecular formula is C14H14BF3N-. The Balaban J connectivity index is 2.43. The van der Waals surface area contributed by atoms with Gasteiger partial charge in [0.25, 0.3) is 0 Å². The van der Waals surface area contributed by atoms with Crippen molar-refractivity contribution in [3.05, 3.63) is 48.5 Å². The van der Waals surface area contributed by atoms with Crippen molar-refractivity contribution < 1.29 is 12.9 Å². The molecule has 5 heteroatoms. The highest BCUT2D eigenvalue weighted by Gasteiger charge is 2.25. The Labute approximate surface area is 110 Å². The van der Waals surface area contributed by atoms with Gasteiger partial charge in [0.05, 0.1) is 0 Å². The van der Waals surface area contributed by atoms with Gasteiger partial charge in [0.1, 0.15) is 0 Å². The van der Waals surface area contributed by atoms with E-state index in [1.807, 2.05) is 43.3 Å². The summed E-state index contributed by atoms with van der Waals surface area (Å²) in [6.07, 6.45) is 0. The van der Waals surface area contributed by atoms with Gasteiger partial charge in [-0.2, -0.15) is 0 Å². The third-order valence-corrected chi connectivity index (χ3v) is 2.99. The molecule has 0 radical (unpaired) electrons. The first-order chi connectivity index (χ1) is 8.89. The number of rotatable bonds is 3. The van der Waals surface area contributed by atoms with Gasteiger partial charge in [0, 0.05) is 25.3 Å². The van der Waals surface area contributed by atoms with E-state index in [1.54, 1.807) is 0 Å². The molecule has 0 aliphatic rings. The molecule has 0 fully saturated rings. The summed E-state index contributed by atoms with van der Waals surface area (Å²) in [5.41, 5.74) is 2.13. The zero-order chi connectivity index (χ0) is 14.0. The molecule has 0 aromatic heterocycles. The lowest BCUT2D eigenvalue weighted by Crippen LogP contribution is -2.33.